The van der Waals surface area contributed by atoms with Crippen LogP contribution in [0.15, 0.2) is 103 Å². The zero-order valence-corrected chi connectivity index (χ0v) is 25.4. The van der Waals surface area contributed by atoms with Crippen molar-refractivity contribution in [2.75, 3.05) is 37.4 Å². The summed E-state index contributed by atoms with van der Waals surface area (Å²) in [4.78, 5) is 30.6. The molecule has 0 aromatic heterocycles. The molecular formula is C36H40N4O4. The molecule has 8 heteroatoms. The number of hydrogen-bond donors (Lipinski definition) is 3. The summed E-state index contributed by atoms with van der Waals surface area (Å²) < 4.78 is 6.65. The van der Waals surface area contributed by atoms with Crippen molar-refractivity contribution in [1.82, 2.24) is 9.80 Å². The summed E-state index contributed by atoms with van der Waals surface area (Å²) in [6.07, 6.45) is -0.302. The number of aliphatic hydroxyl groups is 1. The Morgan fingerprint density at radius 3 is 2.27 bits per heavy atom. The molecule has 0 fully saturated rings. The molecule has 1 aliphatic rings. The SMILES string of the molecule is C[C@@H]1CN([C@H](C)CO)C(=O)c2cccc(NC(=O)Nc3ccccc3)c2O[C@@H]1CN(C)Cc1ccc(-c2ccccc2)cc1. The number of hydrogen-bond acceptors (Lipinski definition) is 5. The Morgan fingerprint density at radius 2 is 1.59 bits per heavy atom. The van der Waals surface area contributed by atoms with Crippen LogP contribution in [0.3, 0.4) is 0 Å². The Kier molecular flexibility index (Phi) is 9.94. The lowest BCUT2D eigenvalue weighted by molar-refractivity contribution is 0.0343. The molecule has 4 aromatic carbocycles. The quantitative estimate of drug-likeness (QED) is 0.211. The van der Waals surface area contributed by atoms with Gasteiger partial charge in [-0.25, -0.2) is 4.79 Å². The molecule has 4 aromatic rings. The van der Waals surface area contributed by atoms with E-state index in [2.05, 4.69) is 65.9 Å². The van der Waals surface area contributed by atoms with E-state index in [1.807, 2.05) is 43.3 Å². The van der Waals surface area contributed by atoms with Gasteiger partial charge in [-0.3, -0.25) is 9.69 Å². The molecule has 5 rings (SSSR count). The maximum Gasteiger partial charge on any atom is 0.323 e. The molecule has 0 aliphatic carbocycles. The predicted molar refractivity (Wildman–Crippen MR) is 175 cm³/mol. The summed E-state index contributed by atoms with van der Waals surface area (Å²) >= 11 is 0. The van der Waals surface area contributed by atoms with Gasteiger partial charge in [0.15, 0.2) is 5.75 Å². The average molecular weight is 593 g/mol. The van der Waals surface area contributed by atoms with Gasteiger partial charge in [0.1, 0.15) is 6.10 Å². The number of likely N-dealkylation sites (N-methyl/N-ethyl adjacent to an activating group) is 1. The second-order valence-corrected chi connectivity index (χ2v) is 11.5. The number of urea groups is 1. The second-order valence-electron chi connectivity index (χ2n) is 11.5. The summed E-state index contributed by atoms with van der Waals surface area (Å²) in [6.45, 7) is 5.46. The molecule has 3 N–H and O–H groups in total. The molecule has 0 spiro atoms. The first kappa shape index (κ1) is 30.8. The second kappa shape index (κ2) is 14.2. The van der Waals surface area contributed by atoms with Crippen LogP contribution in [0.5, 0.6) is 5.75 Å². The Balaban J connectivity index is 1.37. The van der Waals surface area contributed by atoms with E-state index in [1.165, 1.54) is 16.7 Å². The number of carbonyl (C=O) groups is 2. The molecule has 0 saturated carbocycles. The van der Waals surface area contributed by atoms with Gasteiger partial charge in [0, 0.05) is 31.2 Å². The maximum absolute atomic E-state index is 13.8. The van der Waals surface area contributed by atoms with Crippen LogP contribution in [0, 0.1) is 5.92 Å². The van der Waals surface area contributed by atoms with Gasteiger partial charge in [-0.2, -0.15) is 0 Å². The molecule has 0 radical (unpaired) electrons. The standard InChI is InChI=1S/C36H40N4O4/c1-25-21-40(26(2)24-41)35(42)31-15-10-16-32(38-36(43)37-30-13-8-5-9-14-30)34(31)44-33(25)23-39(3)22-27-17-19-29(20-18-27)28-11-6-4-7-12-28/h4-20,25-26,33,41H,21-24H2,1-3H3,(H2,37,38,43)/t25-,26-,33-/m1/s1. The highest BCUT2D eigenvalue weighted by Crippen LogP contribution is 2.35. The summed E-state index contributed by atoms with van der Waals surface area (Å²) in [7, 11) is 2.05. The summed E-state index contributed by atoms with van der Waals surface area (Å²) in [5.74, 6) is 0.0223. The van der Waals surface area contributed by atoms with Gasteiger partial charge >= 0.3 is 6.03 Å². The normalized spacial score (nSPS) is 17.2. The van der Waals surface area contributed by atoms with Gasteiger partial charge in [0.25, 0.3) is 5.91 Å². The molecular weight excluding hydrogens is 552 g/mol. The van der Waals surface area contributed by atoms with Gasteiger partial charge in [-0.1, -0.05) is 85.8 Å². The van der Waals surface area contributed by atoms with E-state index in [1.54, 1.807) is 35.2 Å². The van der Waals surface area contributed by atoms with Crippen LogP contribution in [-0.4, -0.2) is 65.7 Å². The minimum absolute atomic E-state index is 0.0600. The first-order chi connectivity index (χ1) is 21.3. The molecule has 1 aliphatic heterocycles. The lowest BCUT2D eigenvalue weighted by Crippen LogP contribution is -2.49. The van der Waals surface area contributed by atoms with Crippen molar-refractivity contribution < 1.29 is 19.4 Å². The summed E-state index contributed by atoms with van der Waals surface area (Å²) in [5, 5.41) is 15.7. The maximum atomic E-state index is 13.8. The molecule has 44 heavy (non-hydrogen) atoms. The van der Waals surface area contributed by atoms with E-state index in [9.17, 15) is 14.7 Å². The molecule has 0 bridgehead atoms. The Morgan fingerprint density at radius 1 is 0.932 bits per heavy atom. The number of para-hydroxylation sites is 2. The number of fused-ring (bicyclic) bond motifs is 1. The third-order valence-electron chi connectivity index (χ3n) is 7.98. The van der Waals surface area contributed by atoms with Gasteiger partial charge in [0.2, 0.25) is 0 Å². The molecule has 3 atom stereocenters. The Labute approximate surface area is 259 Å². The van der Waals surface area contributed by atoms with Crippen LogP contribution in [0.1, 0.15) is 29.8 Å². The van der Waals surface area contributed by atoms with Crippen molar-refractivity contribution in [3.05, 3.63) is 114 Å². The fourth-order valence-electron chi connectivity index (χ4n) is 5.48. The number of aliphatic hydroxyl groups excluding tert-OH is 1. The smallest absolute Gasteiger partial charge is 0.323 e. The van der Waals surface area contributed by atoms with E-state index in [-0.39, 0.29) is 30.6 Å². The molecule has 1 heterocycles. The minimum atomic E-state index is -0.441. The zero-order chi connectivity index (χ0) is 31.1. The first-order valence-electron chi connectivity index (χ1n) is 15.0. The Bertz CT molecular complexity index is 1550. The highest BCUT2D eigenvalue weighted by molar-refractivity contribution is 6.04. The number of ether oxygens (including phenoxy) is 1. The topological polar surface area (TPSA) is 94.1 Å². The van der Waals surface area contributed by atoms with Crippen molar-refractivity contribution in [3.63, 3.8) is 0 Å². The summed E-state index contributed by atoms with van der Waals surface area (Å²) in [5.41, 5.74) is 4.92. The number of anilines is 2. The van der Waals surface area contributed by atoms with E-state index < -0.39 is 6.03 Å². The number of amides is 3. The van der Waals surface area contributed by atoms with Crippen molar-refractivity contribution in [2.45, 2.75) is 32.5 Å². The minimum Gasteiger partial charge on any atom is -0.486 e. The van der Waals surface area contributed by atoms with Crippen LogP contribution in [0.2, 0.25) is 0 Å². The monoisotopic (exact) mass is 592 g/mol. The highest BCUT2D eigenvalue weighted by atomic mass is 16.5. The van der Waals surface area contributed by atoms with E-state index >= 15 is 0 Å². The molecule has 228 valence electrons. The lowest BCUT2D eigenvalue weighted by Gasteiger charge is -2.38. The third kappa shape index (κ3) is 7.45. The number of carbonyl (C=O) groups excluding carboxylic acids is 2. The van der Waals surface area contributed by atoms with E-state index in [4.69, 9.17) is 4.74 Å². The third-order valence-corrected chi connectivity index (χ3v) is 7.98. The van der Waals surface area contributed by atoms with Gasteiger partial charge in [-0.05, 0) is 54.9 Å². The van der Waals surface area contributed by atoms with Crippen molar-refractivity contribution in [1.29, 1.82) is 0 Å². The Hall–Kier alpha value is -4.66. The molecule has 0 unspecified atom stereocenters. The zero-order valence-electron chi connectivity index (χ0n) is 25.4. The van der Waals surface area contributed by atoms with E-state index in [0.717, 1.165) is 0 Å². The number of rotatable bonds is 9. The van der Waals surface area contributed by atoms with E-state index in [0.29, 0.717) is 42.3 Å². The average Bonchev–Trinajstić information content (AvgIpc) is 3.04. The van der Waals surface area contributed by atoms with Crippen molar-refractivity contribution in [3.8, 4) is 16.9 Å². The van der Waals surface area contributed by atoms with Crippen LogP contribution in [0.4, 0.5) is 16.2 Å². The molecule has 8 nitrogen and oxygen atoms in total. The molecule has 3 amide bonds. The van der Waals surface area contributed by atoms with Crippen molar-refractivity contribution in [2.24, 2.45) is 5.92 Å². The largest absolute Gasteiger partial charge is 0.486 e. The van der Waals surface area contributed by atoms with Crippen LogP contribution < -0.4 is 15.4 Å². The highest BCUT2D eigenvalue weighted by Gasteiger charge is 2.34. The number of nitrogens with one attached hydrogen (secondary N) is 2. The van der Waals surface area contributed by atoms with Crippen LogP contribution >= 0.6 is 0 Å². The summed E-state index contributed by atoms with van der Waals surface area (Å²) in [6, 6.07) is 32.4. The first-order valence-corrected chi connectivity index (χ1v) is 15.0. The fourth-order valence-corrected chi connectivity index (χ4v) is 5.48. The molecule has 0 saturated heterocycles. The lowest BCUT2D eigenvalue weighted by atomic mass is 9.98. The van der Waals surface area contributed by atoms with Gasteiger partial charge < -0.3 is 25.4 Å². The van der Waals surface area contributed by atoms with Crippen LogP contribution in [0.25, 0.3) is 11.1 Å². The van der Waals surface area contributed by atoms with Gasteiger partial charge in [0.05, 0.1) is 23.9 Å². The number of nitrogens with zero attached hydrogens (tertiary/aromatic N) is 2. The fraction of sp³-hybridized carbons (Fsp3) is 0.278. The number of benzene rings is 4. The van der Waals surface area contributed by atoms with Crippen LogP contribution in [-0.2, 0) is 6.54 Å². The predicted octanol–water partition coefficient (Wildman–Crippen LogP) is 6.35. The van der Waals surface area contributed by atoms with Crippen molar-refractivity contribution >= 4 is 23.3 Å². The van der Waals surface area contributed by atoms with Gasteiger partial charge in [-0.15, -0.1) is 0 Å².